The quantitative estimate of drug-likeness (QED) is 0.125. The van der Waals surface area contributed by atoms with Crippen molar-refractivity contribution in [3.63, 3.8) is 0 Å². The van der Waals surface area contributed by atoms with Gasteiger partial charge in [0.25, 0.3) is 0 Å². The molecule has 0 amide bonds. The largest absolute Gasteiger partial charge is 0.562 e. The molecule has 0 saturated heterocycles. The number of rotatable bonds is 12. The third kappa shape index (κ3) is 7.73. The third-order valence-corrected chi connectivity index (χ3v) is 16.4. The van der Waals surface area contributed by atoms with Gasteiger partial charge in [-0.3, -0.25) is 0 Å². The van der Waals surface area contributed by atoms with Gasteiger partial charge in [0.2, 0.25) is 0 Å². The molecule has 0 saturated carbocycles. The van der Waals surface area contributed by atoms with Crippen LogP contribution in [-0.2, 0) is 4.57 Å². The zero-order valence-electron chi connectivity index (χ0n) is 24.7. The minimum Gasteiger partial charge on any atom is -0.399 e. The second-order valence-corrected chi connectivity index (χ2v) is 17.7. The summed E-state index contributed by atoms with van der Waals surface area (Å²) in [7, 11) is -7.64. The maximum absolute atomic E-state index is 15.1. The first-order chi connectivity index (χ1) is 22.1. The van der Waals surface area contributed by atoms with Crippen molar-refractivity contribution in [2.45, 2.75) is 0 Å². The van der Waals surface area contributed by atoms with Gasteiger partial charge < -0.3 is 9.05 Å². The Balaban J connectivity index is 1.55. The fourth-order valence-electron chi connectivity index (χ4n) is 5.24. The number of para-hydroxylation sites is 2. The van der Waals surface area contributed by atoms with Crippen molar-refractivity contribution >= 4 is 43.9 Å². The third-order valence-electron chi connectivity index (χ3n) is 7.34. The van der Waals surface area contributed by atoms with Gasteiger partial charge in [-0.05, 0) is 65.7 Å². The van der Waals surface area contributed by atoms with Gasteiger partial charge in [0.05, 0.1) is 0 Å². The molecule has 0 unspecified atom stereocenters. The molecule has 0 aromatic heterocycles. The molecule has 0 atom stereocenters. The molecular formula is C38H34NO3P3. The van der Waals surface area contributed by atoms with Crippen LogP contribution in [0.3, 0.4) is 0 Å². The normalized spacial score (nSPS) is 11.6. The van der Waals surface area contributed by atoms with Crippen LogP contribution in [0.2, 0.25) is 0 Å². The van der Waals surface area contributed by atoms with E-state index in [0.717, 1.165) is 16.8 Å². The van der Waals surface area contributed by atoms with Crippen LogP contribution in [0.25, 0.3) is 0 Å². The highest BCUT2D eigenvalue weighted by molar-refractivity contribution is 7.85. The van der Waals surface area contributed by atoms with E-state index in [1.807, 2.05) is 72.8 Å². The van der Waals surface area contributed by atoms with Crippen LogP contribution in [0.4, 0.5) is 0 Å². The van der Waals surface area contributed by atoms with Gasteiger partial charge in [0.15, 0.2) is 0 Å². The topological polar surface area (TPSA) is 47.9 Å². The van der Waals surface area contributed by atoms with Gasteiger partial charge in [-0.1, -0.05) is 158 Å². The molecule has 4 nitrogen and oxygen atoms in total. The van der Waals surface area contributed by atoms with Crippen LogP contribution in [0.5, 0.6) is 11.5 Å². The lowest BCUT2D eigenvalue weighted by atomic mass is 10.3. The molecular weight excluding hydrogens is 611 g/mol. The van der Waals surface area contributed by atoms with Gasteiger partial charge in [0.1, 0.15) is 11.5 Å². The van der Waals surface area contributed by atoms with Gasteiger partial charge in [0, 0.05) is 7.05 Å². The summed E-state index contributed by atoms with van der Waals surface area (Å²) in [6.07, 6.45) is 1.51. The Labute approximate surface area is 267 Å². The monoisotopic (exact) mass is 645 g/mol. The summed E-state index contributed by atoms with van der Waals surface area (Å²) in [6, 6.07) is 60.2. The second-order valence-electron chi connectivity index (χ2n) is 10.4. The molecule has 0 aliphatic carbocycles. The van der Waals surface area contributed by atoms with Gasteiger partial charge in [-0.25, -0.2) is 4.57 Å². The van der Waals surface area contributed by atoms with Crippen molar-refractivity contribution in [2.24, 2.45) is 4.52 Å². The predicted octanol–water partition coefficient (Wildman–Crippen LogP) is 9.24. The van der Waals surface area contributed by atoms with Crippen LogP contribution in [0.15, 0.2) is 187 Å². The van der Waals surface area contributed by atoms with E-state index in [2.05, 4.69) is 84.9 Å². The average molecular weight is 646 g/mol. The molecule has 7 heteroatoms. The maximum atomic E-state index is 15.1. The summed E-state index contributed by atoms with van der Waals surface area (Å²) in [5, 5.41) is 4.64. The van der Waals surface area contributed by atoms with Crippen molar-refractivity contribution < 1.29 is 13.6 Å². The zero-order valence-corrected chi connectivity index (χ0v) is 27.4. The van der Waals surface area contributed by atoms with Crippen LogP contribution in [0, 0.1) is 0 Å². The standard InChI is InChI=1S/C38H34NO3P3/c40-45(41-33-19-7-1-8-20-33,42-34-21-9-2-10-22-34)39-44(37-27-15-5-16-28-37,38-29-17-6-18-30-38)32-31-43(35-23-11-3-12-24-35)36-25-13-4-14-26-36/h1-30H,31-32H2. The molecule has 6 aromatic carbocycles. The van der Waals surface area contributed by atoms with Crippen LogP contribution < -0.4 is 30.3 Å². The molecule has 6 rings (SSSR count). The Kier molecular flexibility index (Phi) is 10.1. The lowest BCUT2D eigenvalue weighted by molar-refractivity contribution is 0.388. The first-order valence-electron chi connectivity index (χ1n) is 14.8. The second kappa shape index (κ2) is 14.7. The highest BCUT2D eigenvalue weighted by Gasteiger charge is 2.36. The lowest BCUT2D eigenvalue weighted by Gasteiger charge is -2.30. The number of benzene rings is 6. The molecule has 0 fully saturated rings. The van der Waals surface area contributed by atoms with E-state index < -0.39 is 22.7 Å². The SMILES string of the molecule is O=P(N=P(CCP(c1ccccc1)c1ccccc1)(c1ccccc1)c1ccccc1)(Oc1ccccc1)Oc1ccccc1. The molecule has 0 aliphatic heterocycles. The van der Waals surface area contributed by atoms with E-state index >= 15 is 4.57 Å². The number of nitrogens with zero attached hydrogens (tertiary/aromatic N) is 1. The fourth-order valence-corrected chi connectivity index (χ4v) is 15.0. The van der Waals surface area contributed by atoms with Crippen molar-refractivity contribution in [1.82, 2.24) is 0 Å². The summed E-state index contributed by atoms with van der Waals surface area (Å²) in [4.78, 5) is 0. The lowest BCUT2D eigenvalue weighted by Crippen LogP contribution is -2.23. The van der Waals surface area contributed by atoms with Crippen LogP contribution in [0.1, 0.15) is 0 Å². The molecule has 0 spiro atoms. The Morgan fingerprint density at radius 3 is 1.18 bits per heavy atom. The van der Waals surface area contributed by atoms with E-state index in [0.29, 0.717) is 17.7 Å². The summed E-state index contributed by atoms with van der Waals surface area (Å²) in [5.41, 5.74) is 0. The minimum atomic E-state index is -4.14. The Morgan fingerprint density at radius 2 is 0.800 bits per heavy atom. The first kappa shape index (κ1) is 30.8. The van der Waals surface area contributed by atoms with E-state index in [-0.39, 0.29) is 0 Å². The average Bonchev–Trinajstić information content (AvgIpc) is 3.10. The Hall–Kier alpha value is -4.19. The van der Waals surface area contributed by atoms with Crippen LogP contribution in [-0.4, -0.2) is 12.3 Å². The van der Waals surface area contributed by atoms with E-state index in [1.54, 1.807) is 24.3 Å². The number of hydrogen-bond acceptors (Lipinski definition) is 3. The molecule has 0 aliphatic rings. The van der Waals surface area contributed by atoms with Gasteiger partial charge in [-0.15, -0.1) is 0 Å². The van der Waals surface area contributed by atoms with E-state index in [4.69, 9.17) is 13.6 Å². The molecule has 0 N–H and O–H groups in total. The van der Waals surface area contributed by atoms with Gasteiger partial charge in [-0.2, -0.15) is 4.52 Å². The zero-order chi connectivity index (χ0) is 30.8. The van der Waals surface area contributed by atoms with E-state index in [9.17, 15) is 0 Å². The van der Waals surface area contributed by atoms with Crippen molar-refractivity contribution in [3.05, 3.63) is 182 Å². The van der Waals surface area contributed by atoms with Crippen LogP contribution >= 0.6 is 22.7 Å². The van der Waals surface area contributed by atoms with Gasteiger partial charge >= 0.3 is 7.75 Å². The van der Waals surface area contributed by atoms with Crippen molar-refractivity contribution in [2.75, 3.05) is 12.3 Å². The van der Waals surface area contributed by atoms with Crippen molar-refractivity contribution in [1.29, 1.82) is 0 Å². The summed E-state index contributed by atoms with van der Waals surface area (Å²) in [6.45, 7) is 0. The summed E-state index contributed by atoms with van der Waals surface area (Å²) >= 11 is 0. The molecule has 0 radical (unpaired) electrons. The number of hydrogen-bond donors (Lipinski definition) is 0. The fraction of sp³-hybridized carbons (Fsp3) is 0.0526. The van der Waals surface area contributed by atoms with Crippen molar-refractivity contribution in [3.8, 4) is 11.5 Å². The first-order valence-corrected chi connectivity index (χ1v) is 19.8. The highest BCUT2D eigenvalue weighted by atomic mass is 31.2. The maximum Gasteiger partial charge on any atom is 0.562 e. The Bertz CT molecular complexity index is 1750. The summed E-state index contributed by atoms with van der Waals surface area (Å²) in [5.74, 6) is 0.881. The highest BCUT2D eigenvalue weighted by Crippen LogP contribution is 2.62. The summed E-state index contributed by atoms with van der Waals surface area (Å²) < 4.78 is 33.0. The smallest absolute Gasteiger partial charge is 0.399 e. The minimum absolute atomic E-state index is 0.440. The Morgan fingerprint density at radius 1 is 0.467 bits per heavy atom. The predicted molar refractivity (Wildman–Crippen MR) is 192 cm³/mol. The molecule has 0 heterocycles. The molecule has 45 heavy (non-hydrogen) atoms. The van der Waals surface area contributed by atoms with E-state index in [1.165, 1.54) is 10.6 Å². The molecule has 6 aromatic rings. The molecule has 0 bridgehead atoms. The molecule has 224 valence electrons.